The maximum Gasteiger partial charge on any atom is 0.249 e. The van der Waals surface area contributed by atoms with Gasteiger partial charge in [-0.1, -0.05) is 18.2 Å². The molecular weight excluding hydrogens is 327 g/mol. The Morgan fingerprint density at radius 1 is 1.29 bits per heavy atom. The second kappa shape index (κ2) is 7.57. The fraction of sp³-hybridized carbons (Fsp3) is 0.333. The Balaban J connectivity index is 1.50. The van der Waals surface area contributed by atoms with Crippen LogP contribution in [-0.4, -0.2) is 24.4 Å². The van der Waals surface area contributed by atoms with Crippen LogP contribution in [0.25, 0.3) is 0 Å². The zero-order chi connectivity index (χ0) is 16.9. The summed E-state index contributed by atoms with van der Waals surface area (Å²) in [6, 6.07) is 9.69. The fourth-order valence-electron chi connectivity index (χ4n) is 2.87. The monoisotopic (exact) mass is 346 g/mol. The Morgan fingerprint density at radius 2 is 2.12 bits per heavy atom. The average Bonchev–Trinajstić information content (AvgIpc) is 3.19. The van der Waals surface area contributed by atoms with Crippen molar-refractivity contribution >= 4 is 28.8 Å². The van der Waals surface area contributed by atoms with Gasteiger partial charge in [0.1, 0.15) is 11.9 Å². The molecular formula is C18H19FN2O2S. The van der Waals surface area contributed by atoms with Crippen molar-refractivity contribution in [2.45, 2.75) is 31.7 Å². The number of hydrogen-bond donors (Lipinski definition) is 1. The van der Waals surface area contributed by atoms with Crippen molar-refractivity contribution < 1.29 is 14.0 Å². The van der Waals surface area contributed by atoms with E-state index in [4.69, 9.17) is 0 Å². The first-order chi connectivity index (χ1) is 11.6. The third kappa shape index (κ3) is 3.82. The summed E-state index contributed by atoms with van der Waals surface area (Å²) in [6.07, 6.45) is 2.51. The lowest BCUT2D eigenvalue weighted by Gasteiger charge is -2.17. The van der Waals surface area contributed by atoms with Gasteiger partial charge in [-0.25, -0.2) is 4.39 Å². The van der Waals surface area contributed by atoms with Crippen LogP contribution >= 0.6 is 11.3 Å². The number of para-hydroxylation sites is 1. The molecule has 1 aromatic heterocycles. The lowest BCUT2D eigenvalue weighted by atomic mass is 10.2. The standard InChI is InChI=1S/C18H19FN2O2S/c19-14-7-1-2-8-16(14)21-11-10-15(18(21)23)20-17(22)9-3-5-13-6-4-12-24-13/h1-2,4,6-8,12,15H,3,5,9-11H2,(H,20,22). The Hall–Kier alpha value is -2.21. The molecule has 0 spiro atoms. The average molecular weight is 346 g/mol. The van der Waals surface area contributed by atoms with E-state index in [0.717, 1.165) is 12.8 Å². The summed E-state index contributed by atoms with van der Waals surface area (Å²) < 4.78 is 13.8. The molecule has 2 heterocycles. The minimum Gasteiger partial charge on any atom is -0.344 e. The van der Waals surface area contributed by atoms with Gasteiger partial charge in [-0.15, -0.1) is 11.3 Å². The van der Waals surface area contributed by atoms with Gasteiger partial charge in [-0.05, 0) is 42.8 Å². The minimum atomic E-state index is -0.557. The van der Waals surface area contributed by atoms with Crippen molar-refractivity contribution in [1.29, 1.82) is 0 Å². The number of aryl methyl sites for hydroxylation is 1. The summed E-state index contributed by atoms with van der Waals surface area (Å²) in [7, 11) is 0. The third-order valence-electron chi connectivity index (χ3n) is 4.09. The second-order valence-electron chi connectivity index (χ2n) is 5.78. The molecule has 4 nitrogen and oxygen atoms in total. The van der Waals surface area contributed by atoms with Crippen LogP contribution in [0.3, 0.4) is 0 Å². The predicted octanol–water partition coefficient (Wildman–Crippen LogP) is 3.13. The molecule has 0 aliphatic carbocycles. The van der Waals surface area contributed by atoms with Crippen LogP contribution in [0.2, 0.25) is 0 Å². The zero-order valence-corrected chi connectivity index (χ0v) is 14.0. The quantitative estimate of drug-likeness (QED) is 0.874. The molecule has 0 bridgehead atoms. The maximum absolute atomic E-state index is 13.8. The lowest BCUT2D eigenvalue weighted by Crippen LogP contribution is -2.41. The van der Waals surface area contributed by atoms with Gasteiger partial charge in [0, 0.05) is 17.8 Å². The summed E-state index contributed by atoms with van der Waals surface area (Å²) in [5, 5.41) is 4.80. The maximum atomic E-state index is 13.8. The van der Waals surface area contributed by atoms with Crippen LogP contribution in [0, 0.1) is 5.82 Å². The number of nitrogens with one attached hydrogen (secondary N) is 1. The molecule has 0 saturated carbocycles. The van der Waals surface area contributed by atoms with Gasteiger partial charge >= 0.3 is 0 Å². The van der Waals surface area contributed by atoms with Gasteiger partial charge in [0.25, 0.3) is 0 Å². The van der Waals surface area contributed by atoms with Crippen LogP contribution in [-0.2, 0) is 16.0 Å². The lowest BCUT2D eigenvalue weighted by molar-refractivity contribution is -0.126. The number of benzene rings is 1. The fourth-order valence-corrected chi connectivity index (χ4v) is 3.62. The van der Waals surface area contributed by atoms with Crippen molar-refractivity contribution in [3.63, 3.8) is 0 Å². The molecule has 24 heavy (non-hydrogen) atoms. The normalized spacial score (nSPS) is 17.3. The number of halogens is 1. The van der Waals surface area contributed by atoms with Crippen molar-refractivity contribution in [2.24, 2.45) is 0 Å². The summed E-state index contributed by atoms with van der Waals surface area (Å²) in [5.41, 5.74) is 0.275. The minimum absolute atomic E-state index is 0.125. The molecule has 1 N–H and O–H groups in total. The highest BCUT2D eigenvalue weighted by Gasteiger charge is 2.34. The van der Waals surface area contributed by atoms with Crippen molar-refractivity contribution in [3.05, 3.63) is 52.5 Å². The molecule has 1 saturated heterocycles. The van der Waals surface area contributed by atoms with Gasteiger partial charge < -0.3 is 10.2 Å². The predicted molar refractivity (Wildman–Crippen MR) is 92.6 cm³/mol. The topological polar surface area (TPSA) is 49.4 Å². The van der Waals surface area contributed by atoms with E-state index in [2.05, 4.69) is 11.4 Å². The van der Waals surface area contributed by atoms with E-state index < -0.39 is 11.9 Å². The largest absolute Gasteiger partial charge is 0.344 e. The first kappa shape index (κ1) is 16.6. The molecule has 1 fully saturated rings. The van der Waals surface area contributed by atoms with E-state index in [1.165, 1.54) is 15.8 Å². The van der Waals surface area contributed by atoms with Crippen LogP contribution in [0.5, 0.6) is 0 Å². The number of amides is 2. The van der Waals surface area contributed by atoms with E-state index in [9.17, 15) is 14.0 Å². The number of hydrogen-bond acceptors (Lipinski definition) is 3. The highest BCUT2D eigenvalue weighted by atomic mass is 32.1. The van der Waals surface area contributed by atoms with Gasteiger partial charge in [-0.3, -0.25) is 9.59 Å². The third-order valence-corrected chi connectivity index (χ3v) is 5.03. The van der Waals surface area contributed by atoms with Crippen LogP contribution in [0.1, 0.15) is 24.1 Å². The molecule has 2 aromatic rings. The molecule has 0 radical (unpaired) electrons. The van der Waals surface area contributed by atoms with Gasteiger partial charge in [0.2, 0.25) is 11.8 Å². The first-order valence-electron chi connectivity index (χ1n) is 8.03. The van der Waals surface area contributed by atoms with E-state index in [-0.39, 0.29) is 17.5 Å². The number of thiophene rings is 1. The van der Waals surface area contributed by atoms with Crippen LogP contribution in [0.15, 0.2) is 41.8 Å². The number of rotatable bonds is 6. The highest BCUT2D eigenvalue weighted by molar-refractivity contribution is 7.09. The van der Waals surface area contributed by atoms with Crippen molar-refractivity contribution in [2.75, 3.05) is 11.4 Å². The van der Waals surface area contributed by atoms with Gasteiger partial charge in [-0.2, -0.15) is 0 Å². The van der Waals surface area contributed by atoms with Crippen molar-refractivity contribution in [3.8, 4) is 0 Å². The number of nitrogens with zero attached hydrogens (tertiary/aromatic N) is 1. The van der Waals surface area contributed by atoms with Gasteiger partial charge in [0.05, 0.1) is 5.69 Å². The van der Waals surface area contributed by atoms with Gasteiger partial charge in [0.15, 0.2) is 0 Å². The number of anilines is 1. The summed E-state index contributed by atoms with van der Waals surface area (Å²) >= 11 is 1.68. The SMILES string of the molecule is O=C(CCCc1cccs1)NC1CCN(c2ccccc2F)C1=O. The molecule has 1 aromatic carbocycles. The highest BCUT2D eigenvalue weighted by Crippen LogP contribution is 2.24. The van der Waals surface area contributed by atoms with Crippen molar-refractivity contribution in [1.82, 2.24) is 5.32 Å². The Morgan fingerprint density at radius 3 is 2.88 bits per heavy atom. The molecule has 1 unspecified atom stereocenters. The molecule has 126 valence electrons. The molecule has 2 amide bonds. The second-order valence-corrected chi connectivity index (χ2v) is 6.82. The summed E-state index contributed by atoms with van der Waals surface area (Å²) in [6.45, 7) is 0.417. The van der Waals surface area contributed by atoms with Crippen LogP contribution in [0.4, 0.5) is 10.1 Å². The number of carbonyl (C=O) groups is 2. The Kier molecular flexibility index (Phi) is 5.25. The molecule has 1 aliphatic rings. The Bertz CT molecular complexity index is 718. The van der Waals surface area contributed by atoms with Crippen LogP contribution < -0.4 is 10.2 Å². The zero-order valence-electron chi connectivity index (χ0n) is 13.2. The summed E-state index contributed by atoms with van der Waals surface area (Å²) in [5.74, 6) is -0.791. The van der Waals surface area contributed by atoms with E-state index in [1.54, 1.807) is 29.5 Å². The molecule has 6 heteroatoms. The smallest absolute Gasteiger partial charge is 0.249 e. The molecule has 3 rings (SSSR count). The van der Waals surface area contributed by atoms with E-state index in [0.29, 0.717) is 19.4 Å². The van der Waals surface area contributed by atoms with E-state index in [1.807, 2.05) is 11.4 Å². The Labute approximate surface area is 144 Å². The molecule has 1 atom stereocenters. The first-order valence-corrected chi connectivity index (χ1v) is 8.91. The summed E-state index contributed by atoms with van der Waals surface area (Å²) in [4.78, 5) is 27.1. The van der Waals surface area contributed by atoms with E-state index >= 15 is 0 Å². The molecule has 1 aliphatic heterocycles. The number of carbonyl (C=O) groups excluding carboxylic acids is 2.